The van der Waals surface area contributed by atoms with E-state index in [1.165, 1.54) is 42.6 Å². The lowest BCUT2D eigenvalue weighted by molar-refractivity contribution is 0.0957. The topological polar surface area (TPSA) is 104 Å². The first-order valence-corrected chi connectivity index (χ1v) is 15.9. The number of carbonyl (C=O) groups excluding carboxylic acids is 1. The fourth-order valence-corrected chi connectivity index (χ4v) is 7.00. The van der Waals surface area contributed by atoms with Crippen molar-refractivity contribution < 1.29 is 17.9 Å². The number of ether oxygens (including phenoxy) is 1. The van der Waals surface area contributed by atoms with E-state index in [1.54, 1.807) is 30.3 Å². The number of para-hydroxylation sites is 1. The van der Waals surface area contributed by atoms with Crippen molar-refractivity contribution in [3.63, 3.8) is 0 Å². The second kappa shape index (κ2) is 11.6. The quantitative estimate of drug-likeness (QED) is 0.160. The van der Waals surface area contributed by atoms with Crippen molar-refractivity contribution in [2.45, 2.75) is 56.3 Å². The molecule has 0 amide bonds. The summed E-state index contributed by atoms with van der Waals surface area (Å²) in [5, 5.41) is 0.721. The Balaban J connectivity index is 1.53. The van der Waals surface area contributed by atoms with E-state index in [9.17, 15) is 18.0 Å². The van der Waals surface area contributed by atoms with Gasteiger partial charge in [0.05, 0.1) is 33.3 Å². The van der Waals surface area contributed by atoms with Crippen LogP contribution in [0.15, 0.2) is 63.4 Å². The Hall–Kier alpha value is -3.25. The van der Waals surface area contributed by atoms with Gasteiger partial charge >= 0.3 is 0 Å². The number of aryl methyl sites for hydroxylation is 2. The Labute approximate surface area is 244 Å². The fourth-order valence-electron chi connectivity index (χ4n) is 5.19. The predicted octanol–water partition coefficient (Wildman–Crippen LogP) is 4.52. The van der Waals surface area contributed by atoms with Gasteiger partial charge in [0.25, 0.3) is 5.56 Å². The highest BCUT2D eigenvalue weighted by molar-refractivity contribution is 7.99. The van der Waals surface area contributed by atoms with Crippen molar-refractivity contribution in [2.24, 2.45) is 0 Å². The maximum atomic E-state index is 13.8. The van der Waals surface area contributed by atoms with Gasteiger partial charge in [-0.1, -0.05) is 30.0 Å². The molecular formula is C30H34N4O5S2. The van der Waals surface area contributed by atoms with Gasteiger partial charge in [-0.25, -0.2) is 17.7 Å². The van der Waals surface area contributed by atoms with E-state index in [-0.39, 0.29) is 28.1 Å². The molecule has 41 heavy (non-hydrogen) atoms. The summed E-state index contributed by atoms with van der Waals surface area (Å²) in [6.45, 7) is 7.24. The number of fused-ring (bicyclic) bond motifs is 1. The van der Waals surface area contributed by atoms with E-state index in [0.717, 1.165) is 41.7 Å². The number of hydrogen-bond acceptors (Lipinski definition) is 7. The summed E-state index contributed by atoms with van der Waals surface area (Å²) in [5.74, 6) is -0.0136. The molecule has 2 aromatic carbocycles. The predicted molar refractivity (Wildman–Crippen MR) is 161 cm³/mol. The van der Waals surface area contributed by atoms with E-state index in [4.69, 9.17) is 9.72 Å². The van der Waals surface area contributed by atoms with Crippen LogP contribution in [0.4, 0.5) is 0 Å². The lowest BCUT2D eigenvalue weighted by Crippen LogP contribution is -2.25. The number of nitrogens with zero attached hydrogens (tertiary/aromatic N) is 4. The maximum Gasteiger partial charge on any atom is 0.266 e. The Kier molecular flexibility index (Phi) is 8.24. The Morgan fingerprint density at radius 2 is 1.88 bits per heavy atom. The molecule has 0 N–H and O–H groups in total. The molecule has 11 heteroatoms. The number of carbonyl (C=O) groups is 1. The molecule has 0 unspecified atom stereocenters. The van der Waals surface area contributed by atoms with E-state index >= 15 is 0 Å². The number of rotatable bonds is 9. The smallest absolute Gasteiger partial charge is 0.266 e. The molecule has 3 heterocycles. The van der Waals surface area contributed by atoms with Crippen LogP contribution in [0.1, 0.15) is 40.2 Å². The third-order valence-corrected chi connectivity index (χ3v) is 10.3. The zero-order valence-electron chi connectivity index (χ0n) is 23.9. The van der Waals surface area contributed by atoms with Crippen LogP contribution in [0.2, 0.25) is 0 Å². The Morgan fingerprint density at radius 3 is 2.59 bits per heavy atom. The van der Waals surface area contributed by atoms with Gasteiger partial charge in [0.15, 0.2) is 10.9 Å². The maximum absolute atomic E-state index is 13.8. The lowest BCUT2D eigenvalue weighted by Gasteiger charge is -2.17. The zero-order chi connectivity index (χ0) is 29.5. The molecule has 0 radical (unpaired) electrons. The standard InChI is InChI=1S/C30H34N4O5S2/c1-19-12-13-23(41(37,38)32(4)5)16-27(19)34-29(36)24-10-6-7-11-26(24)31-30(34)40-18-28(35)25-15-20(2)33(21(25)3)17-22-9-8-14-39-22/h6-7,10-13,15-16,22H,8-9,14,17-18H2,1-5H3/t22-/m0/s1. The third kappa shape index (κ3) is 5.63. The second-order valence-corrected chi connectivity index (χ2v) is 13.6. The number of sulfonamides is 1. The summed E-state index contributed by atoms with van der Waals surface area (Å²) in [7, 11) is -0.821. The molecule has 2 aromatic heterocycles. The highest BCUT2D eigenvalue weighted by Crippen LogP contribution is 2.28. The van der Waals surface area contributed by atoms with Gasteiger partial charge in [0.2, 0.25) is 10.0 Å². The van der Waals surface area contributed by atoms with E-state index < -0.39 is 10.0 Å². The molecule has 1 fully saturated rings. The number of thioether (sulfide) groups is 1. The van der Waals surface area contributed by atoms with Crippen molar-refractivity contribution >= 4 is 38.5 Å². The molecule has 216 valence electrons. The van der Waals surface area contributed by atoms with Gasteiger partial charge < -0.3 is 9.30 Å². The highest BCUT2D eigenvalue weighted by atomic mass is 32.2. The minimum Gasteiger partial charge on any atom is -0.376 e. The van der Waals surface area contributed by atoms with Gasteiger partial charge in [-0.05, 0) is 69.5 Å². The van der Waals surface area contributed by atoms with E-state index in [0.29, 0.717) is 32.9 Å². The molecule has 1 atom stereocenters. The number of benzene rings is 2. The number of hydrogen-bond donors (Lipinski definition) is 0. The summed E-state index contributed by atoms with van der Waals surface area (Å²) >= 11 is 1.17. The number of ketones is 1. The van der Waals surface area contributed by atoms with Crippen LogP contribution < -0.4 is 5.56 Å². The van der Waals surface area contributed by atoms with E-state index in [1.807, 2.05) is 26.8 Å². The SMILES string of the molecule is Cc1ccc(S(=O)(=O)N(C)C)cc1-n1c(SCC(=O)c2cc(C)n(C[C@@H]3CCCO3)c2C)nc2ccccc2c1=O. The van der Waals surface area contributed by atoms with Crippen LogP contribution in [-0.4, -0.2) is 65.2 Å². The monoisotopic (exact) mass is 594 g/mol. The van der Waals surface area contributed by atoms with Gasteiger partial charge in [-0.3, -0.25) is 14.2 Å². The summed E-state index contributed by atoms with van der Waals surface area (Å²) < 4.78 is 36.3. The largest absolute Gasteiger partial charge is 0.376 e. The Morgan fingerprint density at radius 1 is 1.12 bits per heavy atom. The Bertz CT molecular complexity index is 1800. The van der Waals surface area contributed by atoms with Crippen LogP contribution in [0.25, 0.3) is 16.6 Å². The van der Waals surface area contributed by atoms with Crippen molar-refractivity contribution in [2.75, 3.05) is 26.5 Å². The first kappa shape index (κ1) is 29.2. The molecule has 0 spiro atoms. The average Bonchev–Trinajstić information content (AvgIpc) is 3.56. The molecule has 5 rings (SSSR count). The first-order valence-electron chi connectivity index (χ1n) is 13.5. The minimum absolute atomic E-state index is 0.0593. The lowest BCUT2D eigenvalue weighted by atomic mass is 10.2. The van der Waals surface area contributed by atoms with Crippen LogP contribution in [0.5, 0.6) is 0 Å². The average molecular weight is 595 g/mol. The molecule has 4 aromatic rings. The highest BCUT2D eigenvalue weighted by Gasteiger charge is 2.24. The number of aromatic nitrogens is 3. The zero-order valence-corrected chi connectivity index (χ0v) is 25.5. The van der Waals surface area contributed by atoms with Crippen molar-refractivity contribution in [3.8, 4) is 5.69 Å². The first-order chi connectivity index (χ1) is 19.5. The second-order valence-electron chi connectivity index (χ2n) is 10.5. The van der Waals surface area contributed by atoms with Crippen molar-refractivity contribution in [3.05, 3.63) is 81.4 Å². The summed E-state index contributed by atoms with van der Waals surface area (Å²) in [5.41, 5.74) is 3.81. The molecule has 1 saturated heterocycles. The van der Waals surface area contributed by atoms with E-state index in [2.05, 4.69) is 4.57 Å². The van der Waals surface area contributed by atoms with Crippen LogP contribution >= 0.6 is 11.8 Å². The van der Waals surface area contributed by atoms with Crippen LogP contribution in [0, 0.1) is 20.8 Å². The number of Topliss-reactive ketones (excluding diaryl/α,β-unsaturated/α-hetero) is 1. The summed E-state index contributed by atoms with van der Waals surface area (Å²) in [6, 6.07) is 13.6. The molecule has 0 bridgehead atoms. The molecule has 0 saturated carbocycles. The third-order valence-electron chi connectivity index (χ3n) is 7.56. The molecule has 9 nitrogen and oxygen atoms in total. The van der Waals surface area contributed by atoms with Crippen molar-refractivity contribution in [1.29, 1.82) is 0 Å². The van der Waals surface area contributed by atoms with Gasteiger partial charge in [-0.15, -0.1) is 0 Å². The minimum atomic E-state index is -3.74. The van der Waals surface area contributed by atoms with Gasteiger partial charge in [-0.2, -0.15) is 0 Å². The molecular weight excluding hydrogens is 560 g/mol. The van der Waals surface area contributed by atoms with Crippen molar-refractivity contribution in [1.82, 2.24) is 18.4 Å². The van der Waals surface area contributed by atoms with Gasteiger partial charge in [0, 0.05) is 44.2 Å². The van der Waals surface area contributed by atoms with Crippen LogP contribution in [0.3, 0.4) is 0 Å². The van der Waals surface area contributed by atoms with Gasteiger partial charge in [0.1, 0.15) is 0 Å². The van der Waals surface area contributed by atoms with Crippen LogP contribution in [-0.2, 0) is 21.3 Å². The molecule has 0 aliphatic carbocycles. The molecule has 1 aliphatic rings. The normalized spacial score (nSPS) is 15.7. The molecule has 1 aliphatic heterocycles. The summed E-state index contributed by atoms with van der Waals surface area (Å²) in [4.78, 5) is 32.1. The summed E-state index contributed by atoms with van der Waals surface area (Å²) in [6.07, 6.45) is 2.22. The fraction of sp³-hybridized carbons (Fsp3) is 0.367.